The summed E-state index contributed by atoms with van der Waals surface area (Å²) in [7, 11) is 1.66. The van der Waals surface area contributed by atoms with Crippen LogP contribution in [0, 0.1) is 36.9 Å². The molecule has 2 fully saturated rings. The zero-order valence-corrected chi connectivity index (χ0v) is 52.7. The number of aromatic nitrogens is 5. The first kappa shape index (κ1) is 63.0. The number of aromatic carboxylic acids is 1. The van der Waals surface area contributed by atoms with Gasteiger partial charge in [0.1, 0.15) is 12.1 Å². The number of piperazine rings is 1. The summed E-state index contributed by atoms with van der Waals surface area (Å²) in [6, 6.07) is 18.0. The minimum Gasteiger partial charge on any atom is -0.491 e. The van der Waals surface area contributed by atoms with Crippen molar-refractivity contribution in [2.24, 2.45) is 5.41 Å². The van der Waals surface area contributed by atoms with Gasteiger partial charge in [-0.3, -0.25) is 29.0 Å². The summed E-state index contributed by atoms with van der Waals surface area (Å²) >= 11 is 4.39. The smallest absolute Gasteiger partial charge is 0.355 e. The molecule has 0 aliphatic carbocycles. The second-order valence-electron chi connectivity index (χ2n) is 23.5. The SMILES string of the molecule is Cc1ncsc1-c1ccc([C@H](C)NC(=O)[C@@H]2C[C@@H](O)CN2C(=O)C(NC(=O)CN(C)CC(=O)N2CCN(CC#Cc3ccc(OCCCc4sc(N5CCCc6c5nnc(Nc5nc7ccccc7s5)c6C)nc4C(=O)O)c(F)c3)CC2)C(C)(C)C)cc1. The second kappa shape index (κ2) is 27.6. The lowest BCUT2D eigenvalue weighted by Crippen LogP contribution is -2.59. The molecule has 4 amide bonds. The largest absolute Gasteiger partial charge is 0.491 e. The van der Waals surface area contributed by atoms with E-state index in [9.17, 15) is 34.2 Å². The Morgan fingerprint density at radius 2 is 1.72 bits per heavy atom. The Balaban J connectivity index is 0.644. The number of rotatable bonds is 20. The number of likely N-dealkylation sites (N-methyl/N-ethyl adjacent to an activating group) is 1. The molecule has 10 rings (SSSR count). The Hall–Kier alpha value is -7.99. The van der Waals surface area contributed by atoms with Gasteiger partial charge in [-0.15, -0.1) is 32.9 Å². The summed E-state index contributed by atoms with van der Waals surface area (Å²) in [5, 5.41) is 40.5. The quantitative estimate of drug-likeness (QED) is 0.0361. The van der Waals surface area contributed by atoms with E-state index in [1.54, 1.807) is 39.8 Å². The van der Waals surface area contributed by atoms with E-state index >= 15 is 4.39 Å². The van der Waals surface area contributed by atoms with Crippen molar-refractivity contribution in [1.82, 2.24) is 55.4 Å². The number of hydrogen-bond donors (Lipinski definition) is 5. The molecule has 0 radical (unpaired) electrons. The number of hydrogen-bond acceptors (Lipinski definition) is 19. The van der Waals surface area contributed by atoms with Gasteiger partial charge in [-0.05, 0) is 100 Å². The van der Waals surface area contributed by atoms with E-state index in [1.165, 1.54) is 39.7 Å². The number of amides is 4. The van der Waals surface area contributed by atoms with Gasteiger partial charge in [0.15, 0.2) is 39.2 Å². The third-order valence-corrected chi connectivity index (χ3v) is 19.0. The van der Waals surface area contributed by atoms with Gasteiger partial charge in [-0.1, -0.05) is 80.3 Å². The van der Waals surface area contributed by atoms with E-state index in [2.05, 4.69) is 57.8 Å². The van der Waals surface area contributed by atoms with Crippen molar-refractivity contribution in [2.75, 3.05) is 82.8 Å². The van der Waals surface area contributed by atoms with E-state index in [0.717, 1.165) is 61.0 Å². The Labute approximate surface area is 522 Å². The summed E-state index contributed by atoms with van der Waals surface area (Å²) in [4.78, 5) is 91.4. The van der Waals surface area contributed by atoms with Crippen LogP contribution in [0.3, 0.4) is 0 Å². The number of thiazole rings is 3. The fourth-order valence-corrected chi connectivity index (χ4v) is 13.9. The maximum Gasteiger partial charge on any atom is 0.355 e. The Bertz CT molecular complexity index is 3740. The van der Waals surface area contributed by atoms with Crippen molar-refractivity contribution in [3.8, 4) is 28.0 Å². The molecule has 0 bridgehead atoms. The molecule has 3 aliphatic rings. The predicted octanol–water partition coefficient (Wildman–Crippen LogP) is 7.76. The number of likely N-dealkylation sites (tertiary alicyclic amines) is 1. The standard InChI is InChI=1S/C63H72FN13O8S3/c1-37-44-14-11-25-76(57(44)72-71-56(37)70-61-67-46-15-8-9-16-49(46)87-61)62-69-53(60(83)84)50(88-62)17-12-30-85-48-23-18-40(31-45(48)64)13-10-24-74-26-28-75(29-27-74)52(80)35-73(7)34-51(79)68-55(63(4,5)6)59(82)77-33-43(78)32-47(77)58(81)66-38(2)41-19-21-42(22-20-41)54-39(3)65-36-86-54/h8-9,15-16,18-23,31,36,38,43,47,55,78H,11-12,14,17,24-30,32-35H2,1-7H3,(H,66,81)(H,68,79)(H,83,84)(H,67,70,71)/t38-,43+,47-,55?/m0/s1. The number of carbonyl (C=O) groups is 5. The highest BCUT2D eigenvalue weighted by Gasteiger charge is 2.45. The van der Waals surface area contributed by atoms with Gasteiger partial charge < -0.3 is 45.6 Å². The van der Waals surface area contributed by atoms with Crippen molar-refractivity contribution in [2.45, 2.75) is 97.9 Å². The molecule has 21 nitrogen and oxygen atoms in total. The van der Waals surface area contributed by atoms with E-state index < -0.39 is 53.1 Å². The van der Waals surface area contributed by atoms with Crippen LogP contribution in [0.5, 0.6) is 5.75 Å². The summed E-state index contributed by atoms with van der Waals surface area (Å²) in [5.74, 6) is 4.27. The van der Waals surface area contributed by atoms with Crippen LogP contribution >= 0.6 is 34.0 Å². The molecule has 1 unspecified atom stereocenters. The second-order valence-corrected chi connectivity index (χ2v) is 26.5. The number of β-amino-alcohol motifs (C(OH)–C–C–N with tert-alkyl or cyclic N) is 1. The number of anilines is 4. The molecule has 88 heavy (non-hydrogen) atoms. The van der Waals surface area contributed by atoms with Crippen LogP contribution in [-0.2, 0) is 32.0 Å². The summed E-state index contributed by atoms with van der Waals surface area (Å²) in [6.45, 7) is 14.2. The normalized spacial score (nSPS) is 16.9. The molecule has 2 saturated heterocycles. The van der Waals surface area contributed by atoms with Crippen LogP contribution in [0.1, 0.15) is 96.3 Å². The van der Waals surface area contributed by atoms with E-state index in [4.69, 9.17) is 4.74 Å². The molecule has 462 valence electrons. The average Bonchev–Trinajstić information content (AvgIpc) is 2.01. The molecule has 7 heterocycles. The summed E-state index contributed by atoms with van der Waals surface area (Å²) in [6.07, 6.45) is 1.51. The number of carboxylic acid groups (broad SMARTS) is 1. The number of carbonyl (C=O) groups excluding carboxylic acids is 4. The summed E-state index contributed by atoms with van der Waals surface area (Å²) < 4.78 is 22.2. The van der Waals surface area contributed by atoms with Crippen LogP contribution in [0.4, 0.5) is 26.3 Å². The van der Waals surface area contributed by atoms with Crippen molar-refractivity contribution < 1.29 is 43.3 Å². The van der Waals surface area contributed by atoms with Gasteiger partial charge in [-0.2, -0.15) is 0 Å². The topological polar surface area (TPSA) is 252 Å². The van der Waals surface area contributed by atoms with Crippen LogP contribution in [0.25, 0.3) is 20.7 Å². The van der Waals surface area contributed by atoms with Gasteiger partial charge in [0, 0.05) is 67.3 Å². The number of benzene rings is 3. The molecule has 0 spiro atoms. The zero-order chi connectivity index (χ0) is 62.4. The number of fused-ring (bicyclic) bond motifs is 2. The maximum absolute atomic E-state index is 15.3. The third-order valence-electron chi connectivity index (χ3n) is 15.9. The van der Waals surface area contributed by atoms with Crippen molar-refractivity contribution in [3.05, 3.63) is 117 Å². The van der Waals surface area contributed by atoms with E-state index in [0.29, 0.717) is 79.3 Å². The van der Waals surface area contributed by atoms with Crippen molar-refractivity contribution in [3.63, 3.8) is 0 Å². The highest BCUT2D eigenvalue weighted by molar-refractivity contribution is 7.22. The minimum atomic E-state index is -1.13. The Morgan fingerprint density at radius 1 is 0.943 bits per heavy atom. The molecule has 3 aromatic carbocycles. The van der Waals surface area contributed by atoms with Crippen LogP contribution in [-0.4, -0.2) is 175 Å². The number of ether oxygens (including phenoxy) is 1. The molecule has 25 heteroatoms. The molecule has 5 N–H and O–H groups in total. The fourth-order valence-electron chi connectivity index (χ4n) is 11.1. The number of para-hydroxylation sites is 1. The number of carboxylic acids is 1. The van der Waals surface area contributed by atoms with Crippen molar-refractivity contribution >= 4 is 95.7 Å². The van der Waals surface area contributed by atoms with E-state index in [-0.39, 0.29) is 56.1 Å². The lowest BCUT2D eigenvalue weighted by Gasteiger charge is -2.36. The number of nitrogens with zero attached hydrogens (tertiary/aromatic N) is 10. The van der Waals surface area contributed by atoms with Crippen LogP contribution in [0.2, 0.25) is 0 Å². The minimum absolute atomic E-state index is 0.0315. The Kier molecular flexibility index (Phi) is 19.8. The molecule has 4 aromatic heterocycles. The maximum atomic E-state index is 15.3. The van der Waals surface area contributed by atoms with Gasteiger partial charge in [0.05, 0.1) is 64.7 Å². The first-order valence-corrected chi connectivity index (χ1v) is 31.9. The molecule has 0 saturated carbocycles. The Morgan fingerprint density at radius 3 is 2.43 bits per heavy atom. The molecule has 7 aromatic rings. The monoisotopic (exact) mass is 1250 g/mol. The molecular weight excluding hydrogens is 1180 g/mol. The first-order chi connectivity index (χ1) is 42.2. The molecular formula is C63H72FN13O8S3. The average molecular weight is 1250 g/mol. The first-order valence-electron chi connectivity index (χ1n) is 29.3. The number of nitrogens with one attached hydrogen (secondary N) is 3. The highest BCUT2D eigenvalue weighted by Crippen LogP contribution is 2.40. The summed E-state index contributed by atoms with van der Waals surface area (Å²) in [5.41, 5.74) is 7.19. The molecule has 3 aliphatic heterocycles. The van der Waals surface area contributed by atoms with Crippen LogP contribution in [0.15, 0.2) is 72.2 Å². The predicted molar refractivity (Wildman–Crippen MR) is 338 cm³/mol. The van der Waals surface area contributed by atoms with Crippen molar-refractivity contribution in [1.29, 1.82) is 0 Å². The molecule has 4 atom stereocenters. The lowest BCUT2D eigenvalue weighted by atomic mass is 9.85. The third kappa shape index (κ3) is 14.9. The van der Waals surface area contributed by atoms with Gasteiger partial charge in [0.25, 0.3) is 0 Å². The number of aliphatic hydroxyl groups is 1. The lowest BCUT2D eigenvalue weighted by molar-refractivity contribution is -0.144. The zero-order valence-electron chi connectivity index (χ0n) is 50.3. The van der Waals surface area contributed by atoms with Gasteiger partial charge in [-0.25, -0.2) is 24.1 Å². The number of halogens is 1. The number of aryl methyl sites for hydroxylation is 2. The fraction of sp³-hybridized carbons (Fsp3) is 0.429. The van der Waals surface area contributed by atoms with E-state index in [1.807, 2.05) is 95.0 Å². The number of aliphatic hydroxyl groups excluding tert-OH is 1. The van der Waals surface area contributed by atoms with Gasteiger partial charge >= 0.3 is 5.97 Å². The van der Waals surface area contributed by atoms with Gasteiger partial charge in [0.2, 0.25) is 23.6 Å². The highest BCUT2D eigenvalue weighted by atomic mass is 32.1. The van der Waals surface area contributed by atoms with Crippen LogP contribution < -0.4 is 25.6 Å².